The Morgan fingerprint density at radius 3 is 3.25 bits per heavy atom. The summed E-state index contributed by atoms with van der Waals surface area (Å²) in [5, 5.41) is 8.48. The molecule has 0 saturated carbocycles. The second-order valence-electron chi connectivity index (χ2n) is 4.03. The number of hydrogen-bond acceptors (Lipinski definition) is 5. The zero-order valence-corrected chi connectivity index (χ0v) is 12.6. The van der Waals surface area contributed by atoms with E-state index in [0.717, 1.165) is 16.3 Å². The standard InChI is InChI=1S/C14H14N2O2S2/c1-3-6-15-14(17)10(2)20-9-11-8-12(18-16-11)13-5-4-7-19-13/h1,4-5,7-8,10H,6,9H2,2H3,(H,15,17). The van der Waals surface area contributed by atoms with Gasteiger partial charge in [-0.3, -0.25) is 4.79 Å². The highest BCUT2D eigenvalue weighted by Gasteiger charge is 2.14. The summed E-state index contributed by atoms with van der Waals surface area (Å²) in [5.74, 6) is 3.71. The molecule has 1 atom stereocenters. The Hall–Kier alpha value is -1.71. The molecule has 0 bridgehead atoms. The molecule has 4 nitrogen and oxygen atoms in total. The van der Waals surface area contributed by atoms with Gasteiger partial charge in [-0.05, 0) is 18.4 Å². The number of thioether (sulfide) groups is 1. The van der Waals surface area contributed by atoms with Gasteiger partial charge in [0.1, 0.15) is 0 Å². The third-order valence-corrected chi connectivity index (χ3v) is 4.60. The molecule has 0 fully saturated rings. The van der Waals surface area contributed by atoms with E-state index >= 15 is 0 Å². The lowest BCUT2D eigenvalue weighted by Crippen LogP contribution is -2.31. The summed E-state index contributed by atoms with van der Waals surface area (Å²) in [7, 11) is 0. The Morgan fingerprint density at radius 2 is 2.55 bits per heavy atom. The van der Waals surface area contributed by atoms with E-state index in [1.165, 1.54) is 11.8 Å². The predicted molar refractivity (Wildman–Crippen MR) is 82.4 cm³/mol. The van der Waals surface area contributed by atoms with Crippen LogP contribution in [0.4, 0.5) is 0 Å². The van der Waals surface area contributed by atoms with Crippen LogP contribution < -0.4 is 5.32 Å². The number of nitrogens with zero attached hydrogens (tertiary/aromatic N) is 1. The van der Waals surface area contributed by atoms with Crippen molar-refractivity contribution in [2.75, 3.05) is 6.54 Å². The SMILES string of the molecule is C#CCNC(=O)C(C)SCc1cc(-c2cccs2)on1. The Kier molecular flexibility index (Phi) is 5.27. The molecule has 6 heteroatoms. The number of nitrogens with one attached hydrogen (secondary N) is 1. The smallest absolute Gasteiger partial charge is 0.233 e. The first kappa shape index (κ1) is 14.7. The van der Waals surface area contributed by atoms with Gasteiger partial charge in [0.2, 0.25) is 5.91 Å². The van der Waals surface area contributed by atoms with Crippen molar-refractivity contribution in [1.29, 1.82) is 0 Å². The number of carbonyl (C=O) groups is 1. The first-order valence-corrected chi connectivity index (χ1v) is 7.96. The van der Waals surface area contributed by atoms with Crippen molar-refractivity contribution in [1.82, 2.24) is 10.5 Å². The fourth-order valence-corrected chi connectivity index (χ4v) is 2.95. The highest BCUT2D eigenvalue weighted by molar-refractivity contribution is 7.99. The van der Waals surface area contributed by atoms with Crippen molar-refractivity contribution in [2.45, 2.75) is 17.9 Å². The highest BCUT2D eigenvalue weighted by atomic mass is 32.2. The summed E-state index contributed by atoms with van der Waals surface area (Å²) in [4.78, 5) is 12.7. The monoisotopic (exact) mass is 306 g/mol. The molecule has 104 valence electrons. The van der Waals surface area contributed by atoms with Gasteiger partial charge >= 0.3 is 0 Å². The molecule has 1 unspecified atom stereocenters. The van der Waals surface area contributed by atoms with Crippen molar-refractivity contribution in [2.24, 2.45) is 0 Å². The minimum absolute atomic E-state index is 0.0603. The van der Waals surface area contributed by atoms with Crippen LogP contribution in [0.3, 0.4) is 0 Å². The lowest BCUT2D eigenvalue weighted by molar-refractivity contribution is -0.120. The molecule has 1 amide bonds. The number of thiophene rings is 1. The van der Waals surface area contributed by atoms with Crippen LogP contribution in [-0.2, 0) is 10.5 Å². The van der Waals surface area contributed by atoms with Gasteiger partial charge in [-0.2, -0.15) is 0 Å². The van der Waals surface area contributed by atoms with Gasteiger partial charge < -0.3 is 9.84 Å². The fourth-order valence-electron chi connectivity index (χ4n) is 1.48. The molecule has 0 spiro atoms. The van der Waals surface area contributed by atoms with Crippen LogP contribution in [0.25, 0.3) is 10.6 Å². The van der Waals surface area contributed by atoms with Crippen LogP contribution in [0.2, 0.25) is 0 Å². The summed E-state index contributed by atoms with van der Waals surface area (Å²) in [6.45, 7) is 2.10. The third-order valence-electron chi connectivity index (χ3n) is 2.54. The maximum absolute atomic E-state index is 11.6. The van der Waals surface area contributed by atoms with Crippen LogP contribution >= 0.6 is 23.1 Å². The molecule has 20 heavy (non-hydrogen) atoms. The number of terminal acetylenes is 1. The van der Waals surface area contributed by atoms with Crippen LogP contribution in [-0.4, -0.2) is 22.9 Å². The Balaban J connectivity index is 1.85. The molecule has 0 aliphatic heterocycles. The number of amides is 1. The molecule has 0 saturated heterocycles. The van der Waals surface area contributed by atoms with E-state index in [1.807, 2.05) is 30.5 Å². The Labute approximate surface area is 125 Å². The number of aromatic nitrogens is 1. The molecule has 2 rings (SSSR count). The molecule has 0 aromatic carbocycles. The second-order valence-corrected chi connectivity index (χ2v) is 6.31. The van der Waals surface area contributed by atoms with Gasteiger partial charge in [0.25, 0.3) is 0 Å². The van der Waals surface area contributed by atoms with Crippen LogP contribution in [0, 0.1) is 12.3 Å². The normalized spacial score (nSPS) is 11.8. The number of carbonyl (C=O) groups excluding carboxylic acids is 1. The van der Waals surface area contributed by atoms with E-state index in [9.17, 15) is 4.79 Å². The number of hydrogen-bond donors (Lipinski definition) is 1. The highest BCUT2D eigenvalue weighted by Crippen LogP contribution is 2.27. The Morgan fingerprint density at radius 1 is 1.70 bits per heavy atom. The van der Waals surface area contributed by atoms with Crippen molar-refractivity contribution in [3.63, 3.8) is 0 Å². The molecular formula is C14H14N2O2S2. The molecule has 0 aliphatic carbocycles. The maximum Gasteiger partial charge on any atom is 0.233 e. The molecule has 2 aromatic heterocycles. The zero-order valence-electron chi connectivity index (χ0n) is 11.0. The Bertz CT molecular complexity index is 599. The van der Waals surface area contributed by atoms with Crippen molar-refractivity contribution < 1.29 is 9.32 Å². The van der Waals surface area contributed by atoms with Gasteiger partial charge in [-0.25, -0.2) is 0 Å². The van der Waals surface area contributed by atoms with E-state index < -0.39 is 0 Å². The van der Waals surface area contributed by atoms with Gasteiger partial charge in [0.05, 0.1) is 22.4 Å². The summed E-state index contributed by atoms with van der Waals surface area (Å²) in [5.41, 5.74) is 0.829. The predicted octanol–water partition coefficient (Wildman–Crippen LogP) is 2.77. The molecule has 1 N–H and O–H groups in total. The van der Waals surface area contributed by atoms with Gasteiger partial charge in [0, 0.05) is 11.8 Å². The van der Waals surface area contributed by atoms with Crippen molar-refractivity contribution in [3.05, 3.63) is 29.3 Å². The van der Waals surface area contributed by atoms with Crippen LogP contribution in [0.5, 0.6) is 0 Å². The average molecular weight is 306 g/mol. The first-order valence-electron chi connectivity index (χ1n) is 6.03. The van der Waals surface area contributed by atoms with Crippen molar-refractivity contribution in [3.8, 4) is 23.0 Å². The summed E-state index contributed by atoms with van der Waals surface area (Å²) in [6.07, 6.45) is 5.10. The summed E-state index contributed by atoms with van der Waals surface area (Å²) in [6, 6.07) is 5.86. The molecule has 2 heterocycles. The van der Waals surface area contributed by atoms with E-state index in [-0.39, 0.29) is 17.7 Å². The van der Waals surface area contributed by atoms with Crippen LogP contribution in [0.1, 0.15) is 12.6 Å². The van der Waals surface area contributed by atoms with E-state index in [1.54, 1.807) is 11.3 Å². The molecule has 2 aromatic rings. The van der Waals surface area contributed by atoms with Gasteiger partial charge in [-0.1, -0.05) is 17.1 Å². The minimum Gasteiger partial charge on any atom is -0.355 e. The molecule has 0 aliphatic rings. The number of rotatable bonds is 6. The van der Waals surface area contributed by atoms with Gasteiger partial charge in [0.15, 0.2) is 5.76 Å². The van der Waals surface area contributed by atoms with Crippen molar-refractivity contribution >= 4 is 29.0 Å². The second kappa shape index (κ2) is 7.17. The van der Waals surface area contributed by atoms with Gasteiger partial charge in [-0.15, -0.1) is 29.5 Å². The van der Waals surface area contributed by atoms with Crippen LogP contribution in [0.15, 0.2) is 28.1 Å². The molecular weight excluding hydrogens is 292 g/mol. The summed E-state index contributed by atoms with van der Waals surface area (Å²) < 4.78 is 5.29. The van der Waals surface area contributed by atoms with E-state index in [4.69, 9.17) is 10.9 Å². The summed E-state index contributed by atoms with van der Waals surface area (Å²) >= 11 is 3.10. The largest absolute Gasteiger partial charge is 0.355 e. The first-order chi connectivity index (χ1) is 9.70. The van der Waals surface area contributed by atoms with E-state index in [0.29, 0.717) is 5.75 Å². The third kappa shape index (κ3) is 3.89. The fraction of sp³-hybridized carbons (Fsp3) is 0.286. The topological polar surface area (TPSA) is 55.1 Å². The molecule has 0 radical (unpaired) electrons. The lowest BCUT2D eigenvalue weighted by atomic mass is 10.3. The quantitative estimate of drug-likeness (QED) is 0.834. The minimum atomic E-state index is -0.176. The maximum atomic E-state index is 11.6. The lowest BCUT2D eigenvalue weighted by Gasteiger charge is -2.08. The zero-order chi connectivity index (χ0) is 14.4. The average Bonchev–Trinajstić information content (AvgIpc) is 3.12. The van der Waals surface area contributed by atoms with E-state index in [2.05, 4.69) is 16.4 Å².